The number of fused-ring (bicyclic) bond motifs is 2. The number of hydrogen-bond acceptors (Lipinski definition) is 2. The number of carbonyl (C=O) groups is 1. The van der Waals surface area contributed by atoms with Gasteiger partial charge < -0.3 is 4.90 Å². The number of halogens is 2. The van der Waals surface area contributed by atoms with Gasteiger partial charge in [0, 0.05) is 28.8 Å². The second-order valence-electron chi connectivity index (χ2n) is 8.40. The Kier molecular flexibility index (Phi) is 4.65. The van der Waals surface area contributed by atoms with E-state index in [-0.39, 0.29) is 11.9 Å². The summed E-state index contributed by atoms with van der Waals surface area (Å²) in [5, 5.41) is 1.39. The third-order valence-electron chi connectivity index (χ3n) is 6.73. The molecular formula is C23H24Cl2N2O. The van der Waals surface area contributed by atoms with Crippen molar-refractivity contribution in [2.75, 3.05) is 18.0 Å². The average Bonchev–Trinajstić information content (AvgIpc) is 3.33. The molecule has 1 spiro atoms. The Morgan fingerprint density at radius 3 is 2.71 bits per heavy atom. The average molecular weight is 415 g/mol. The highest BCUT2D eigenvalue weighted by Crippen LogP contribution is 2.56. The summed E-state index contributed by atoms with van der Waals surface area (Å²) in [6.45, 7) is 2.41. The molecule has 0 radical (unpaired) electrons. The summed E-state index contributed by atoms with van der Waals surface area (Å²) in [7, 11) is 0. The highest BCUT2D eigenvalue weighted by molar-refractivity contribution is 6.33. The molecule has 1 saturated carbocycles. The van der Waals surface area contributed by atoms with Crippen molar-refractivity contribution < 1.29 is 4.79 Å². The van der Waals surface area contributed by atoms with Crippen LogP contribution in [0.3, 0.4) is 0 Å². The molecule has 0 aromatic heterocycles. The predicted octanol–water partition coefficient (Wildman–Crippen LogP) is 5.43. The molecule has 2 aromatic carbocycles. The van der Waals surface area contributed by atoms with E-state index in [1.807, 2.05) is 17.0 Å². The summed E-state index contributed by atoms with van der Waals surface area (Å²) in [5.41, 5.74) is 3.84. The van der Waals surface area contributed by atoms with Crippen molar-refractivity contribution in [1.82, 2.24) is 4.90 Å². The maximum Gasteiger partial charge on any atom is 0.244 e. The lowest BCUT2D eigenvalue weighted by atomic mass is 9.86. The van der Waals surface area contributed by atoms with Gasteiger partial charge in [0.05, 0.1) is 6.04 Å². The number of nitrogens with zero attached hydrogens (tertiary/aromatic N) is 2. The zero-order valence-electron chi connectivity index (χ0n) is 15.8. The Morgan fingerprint density at radius 1 is 1.07 bits per heavy atom. The normalized spacial score (nSPS) is 23.1. The second-order valence-corrected chi connectivity index (χ2v) is 9.25. The van der Waals surface area contributed by atoms with Crippen molar-refractivity contribution in [1.29, 1.82) is 0 Å². The van der Waals surface area contributed by atoms with Crippen LogP contribution in [0.25, 0.3) is 0 Å². The molecule has 0 bridgehead atoms. The van der Waals surface area contributed by atoms with E-state index in [1.165, 1.54) is 18.4 Å². The molecule has 0 N–H and O–H groups in total. The zero-order valence-corrected chi connectivity index (χ0v) is 17.3. The van der Waals surface area contributed by atoms with E-state index in [0.29, 0.717) is 22.0 Å². The fourth-order valence-corrected chi connectivity index (χ4v) is 5.37. The Balaban J connectivity index is 1.39. The molecular weight excluding hydrogens is 391 g/mol. The van der Waals surface area contributed by atoms with Crippen molar-refractivity contribution in [3.05, 3.63) is 63.6 Å². The molecule has 1 aliphatic carbocycles. The molecule has 2 fully saturated rings. The van der Waals surface area contributed by atoms with Gasteiger partial charge in [-0.3, -0.25) is 9.69 Å². The third-order valence-corrected chi connectivity index (χ3v) is 7.33. The lowest BCUT2D eigenvalue weighted by Gasteiger charge is -2.37. The van der Waals surface area contributed by atoms with Crippen molar-refractivity contribution in [2.45, 2.75) is 50.1 Å². The highest BCUT2D eigenvalue weighted by Gasteiger charge is 2.49. The van der Waals surface area contributed by atoms with Gasteiger partial charge in [0.15, 0.2) is 0 Å². The first-order valence-electron chi connectivity index (χ1n) is 10.2. The van der Waals surface area contributed by atoms with Crippen molar-refractivity contribution in [2.24, 2.45) is 0 Å². The molecule has 146 valence electrons. The number of hydrogen-bond donors (Lipinski definition) is 0. The number of likely N-dealkylation sites (tertiary alicyclic amines) is 1. The van der Waals surface area contributed by atoms with Gasteiger partial charge in [-0.25, -0.2) is 0 Å². The van der Waals surface area contributed by atoms with E-state index < -0.39 is 0 Å². The summed E-state index contributed by atoms with van der Waals surface area (Å²) >= 11 is 12.5. The van der Waals surface area contributed by atoms with Gasteiger partial charge in [-0.1, -0.05) is 41.4 Å². The molecule has 2 aliphatic heterocycles. The number of carbonyl (C=O) groups excluding carboxylic acids is 1. The number of benzene rings is 2. The van der Waals surface area contributed by atoms with Crippen molar-refractivity contribution in [3.8, 4) is 0 Å². The van der Waals surface area contributed by atoms with Gasteiger partial charge in [0.1, 0.15) is 0 Å². The topological polar surface area (TPSA) is 23.6 Å². The molecule has 1 amide bonds. The monoisotopic (exact) mass is 414 g/mol. The number of para-hydroxylation sites is 1. The summed E-state index contributed by atoms with van der Waals surface area (Å²) in [6, 6.07) is 14.0. The van der Waals surface area contributed by atoms with Crippen LogP contribution in [-0.4, -0.2) is 29.9 Å². The minimum absolute atomic E-state index is 0.0867. The SMILES string of the molecule is O=C([C@@H]1CCCN1Cc1cc(Cl)ccc1Cl)N1CCC2(CC2)c2ccccc21. The van der Waals surface area contributed by atoms with Crippen molar-refractivity contribution >= 4 is 34.8 Å². The first-order chi connectivity index (χ1) is 13.6. The van der Waals surface area contributed by atoms with Gasteiger partial charge in [-0.2, -0.15) is 0 Å². The van der Waals surface area contributed by atoms with Gasteiger partial charge in [-0.05, 0) is 79.5 Å². The quantitative estimate of drug-likeness (QED) is 0.668. The standard InChI is InChI=1S/C23H24Cl2N2O/c24-17-7-8-19(25)16(14-17)15-26-12-3-6-21(26)22(28)27-13-11-23(9-10-23)18-4-1-2-5-20(18)27/h1-2,4-5,7-8,14,21H,3,6,9-13,15H2/t21-/m0/s1. The van der Waals surface area contributed by atoms with Crippen LogP contribution in [0.2, 0.25) is 10.0 Å². The van der Waals surface area contributed by atoms with Crippen LogP contribution in [0.4, 0.5) is 5.69 Å². The number of anilines is 1. The summed E-state index contributed by atoms with van der Waals surface area (Å²) in [6.07, 6.45) is 5.54. The first-order valence-corrected chi connectivity index (χ1v) is 10.9. The minimum Gasteiger partial charge on any atom is -0.311 e. The van der Waals surface area contributed by atoms with E-state index in [0.717, 1.165) is 43.6 Å². The smallest absolute Gasteiger partial charge is 0.244 e. The van der Waals surface area contributed by atoms with Crippen LogP contribution in [0, 0.1) is 0 Å². The molecule has 3 nitrogen and oxygen atoms in total. The fourth-order valence-electron chi connectivity index (χ4n) is 5.00. The van der Waals surface area contributed by atoms with Gasteiger partial charge in [0.25, 0.3) is 0 Å². The van der Waals surface area contributed by atoms with Gasteiger partial charge in [0.2, 0.25) is 5.91 Å². The van der Waals surface area contributed by atoms with E-state index in [4.69, 9.17) is 23.2 Å². The van der Waals surface area contributed by atoms with Crippen LogP contribution < -0.4 is 4.90 Å². The van der Waals surface area contributed by atoms with Crippen LogP contribution in [0.1, 0.15) is 43.2 Å². The summed E-state index contributed by atoms with van der Waals surface area (Å²) in [4.78, 5) is 17.9. The predicted molar refractivity (Wildman–Crippen MR) is 114 cm³/mol. The third kappa shape index (κ3) is 3.14. The lowest BCUT2D eigenvalue weighted by molar-refractivity contribution is -0.123. The molecule has 3 aliphatic rings. The Hall–Kier alpha value is -1.55. The van der Waals surface area contributed by atoms with Crippen LogP contribution in [0.15, 0.2) is 42.5 Å². The summed E-state index contributed by atoms with van der Waals surface area (Å²) in [5.74, 6) is 0.235. The van der Waals surface area contributed by atoms with E-state index in [1.54, 1.807) is 6.07 Å². The molecule has 5 heteroatoms. The lowest BCUT2D eigenvalue weighted by Crippen LogP contribution is -2.48. The molecule has 2 aromatic rings. The maximum atomic E-state index is 13.6. The summed E-state index contributed by atoms with van der Waals surface area (Å²) < 4.78 is 0. The molecule has 5 rings (SSSR count). The van der Waals surface area contributed by atoms with E-state index in [9.17, 15) is 4.79 Å². The van der Waals surface area contributed by atoms with Crippen LogP contribution in [-0.2, 0) is 16.8 Å². The zero-order chi connectivity index (χ0) is 19.3. The second kappa shape index (κ2) is 7.05. The fraction of sp³-hybridized carbons (Fsp3) is 0.435. The maximum absolute atomic E-state index is 13.6. The number of amides is 1. The van der Waals surface area contributed by atoms with E-state index in [2.05, 4.69) is 29.2 Å². The van der Waals surface area contributed by atoms with Crippen molar-refractivity contribution in [3.63, 3.8) is 0 Å². The Morgan fingerprint density at radius 2 is 1.89 bits per heavy atom. The molecule has 0 unspecified atom stereocenters. The van der Waals surface area contributed by atoms with E-state index >= 15 is 0 Å². The highest BCUT2D eigenvalue weighted by atomic mass is 35.5. The number of rotatable bonds is 3. The molecule has 1 saturated heterocycles. The molecule has 2 heterocycles. The largest absolute Gasteiger partial charge is 0.311 e. The van der Waals surface area contributed by atoms with Gasteiger partial charge >= 0.3 is 0 Å². The van der Waals surface area contributed by atoms with Crippen LogP contribution in [0.5, 0.6) is 0 Å². The molecule has 1 atom stereocenters. The Labute approximate surface area is 176 Å². The molecule has 28 heavy (non-hydrogen) atoms. The first kappa shape index (κ1) is 18.5. The minimum atomic E-state index is -0.0867. The van der Waals surface area contributed by atoms with Crippen LogP contribution >= 0.6 is 23.2 Å². The van der Waals surface area contributed by atoms with Gasteiger partial charge in [-0.15, -0.1) is 0 Å². The Bertz CT molecular complexity index is 925.